The van der Waals surface area contributed by atoms with Crippen LogP contribution in [0.25, 0.3) is 0 Å². The first-order chi connectivity index (χ1) is 16.6. The summed E-state index contributed by atoms with van der Waals surface area (Å²) < 4.78 is 21.9. The number of nitrogens with zero attached hydrogens (tertiary/aromatic N) is 1. The molecule has 2 N–H and O–H groups in total. The standard InChI is InChI=1S/C27H33NO6/c1-31-24-10-6-12-26(14-24)33-19-22(29)17-28(16-21-8-4-3-5-9-21)18-23(30)20-34-27-13-7-11-25(15-27)32-2/h3-15,22-23,29-30H,16-20H2,1-2H3. The molecule has 0 bridgehead atoms. The van der Waals surface area contributed by atoms with Gasteiger partial charge in [0, 0.05) is 31.8 Å². The molecule has 2 unspecified atom stereocenters. The Morgan fingerprint density at radius 1 is 0.647 bits per heavy atom. The van der Waals surface area contributed by atoms with Crippen LogP contribution in [0.15, 0.2) is 78.9 Å². The monoisotopic (exact) mass is 467 g/mol. The summed E-state index contributed by atoms with van der Waals surface area (Å²) in [4.78, 5) is 1.99. The predicted octanol–water partition coefficient (Wildman–Crippen LogP) is 3.39. The Morgan fingerprint density at radius 3 is 1.59 bits per heavy atom. The van der Waals surface area contributed by atoms with Crippen LogP contribution in [-0.2, 0) is 6.54 Å². The number of benzene rings is 3. The van der Waals surface area contributed by atoms with E-state index < -0.39 is 12.2 Å². The van der Waals surface area contributed by atoms with Crippen molar-refractivity contribution in [1.82, 2.24) is 4.90 Å². The lowest BCUT2D eigenvalue weighted by molar-refractivity contribution is 0.0282. The third-order valence-corrected chi connectivity index (χ3v) is 5.15. The predicted molar refractivity (Wildman–Crippen MR) is 131 cm³/mol. The van der Waals surface area contributed by atoms with E-state index in [4.69, 9.17) is 18.9 Å². The van der Waals surface area contributed by atoms with Crippen molar-refractivity contribution in [3.63, 3.8) is 0 Å². The number of rotatable bonds is 14. The summed E-state index contributed by atoms with van der Waals surface area (Å²) in [6.07, 6.45) is -1.50. The molecule has 34 heavy (non-hydrogen) atoms. The normalized spacial score (nSPS) is 12.7. The second-order valence-electron chi connectivity index (χ2n) is 7.97. The molecule has 3 rings (SSSR count). The van der Waals surface area contributed by atoms with Crippen molar-refractivity contribution in [2.24, 2.45) is 0 Å². The molecule has 0 amide bonds. The van der Waals surface area contributed by atoms with Gasteiger partial charge in [-0.1, -0.05) is 42.5 Å². The van der Waals surface area contributed by atoms with E-state index in [-0.39, 0.29) is 13.2 Å². The van der Waals surface area contributed by atoms with Gasteiger partial charge < -0.3 is 29.2 Å². The third-order valence-electron chi connectivity index (χ3n) is 5.15. The molecule has 7 nitrogen and oxygen atoms in total. The van der Waals surface area contributed by atoms with Crippen LogP contribution in [-0.4, -0.2) is 67.8 Å². The zero-order valence-corrected chi connectivity index (χ0v) is 19.7. The van der Waals surface area contributed by atoms with E-state index in [0.717, 1.165) is 5.56 Å². The van der Waals surface area contributed by atoms with E-state index in [1.165, 1.54) is 0 Å². The van der Waals surface area contributed by atoms with Gasteiger partial charge in [0.2, 0.25) is 0 Å². The second kappa shape index (κ2) is 13.4. The molecular formula is C27H33NO6. The lowest BCUT2D eigenvalue weighted by Crippen LogP contribution is -2.41. The fourth-order valence-corrected chi connectivity index (χ4v) is 3.51. The maximum absolute atomic E-state index is 10.6. The number of aliphatic hydroxyl groups is 2. The zero-order valence-electron chi connectivity index (χ0n) is 19.7. The Morgan fingerprint density at radius 2 is 1.12 bits per heavy atom. The quantitative estimate of drug-likeness (QED) is 0.376. The smallest absolute Gasteiger partial charge is 0.123 e. The molecule has 3 aromatic carbocycles. The average molecular weight is 468 g/mol. The Kier molecular flexibility index (Phi) is 10.0. The lowest BCUT2D eigenvalue weighted by atomic mass is 10.2. The van der Waals surface area contributed by atoms with Gasteiger partial charge in [-0.2, -0.15) is 0 Å². The van der Waals surface area contributed by atoms with Crippen LogP contribution in [0.3, 0.4) is 0 Å². The van der Waals surface area contributed by atoms with Crippen molar-refractivity contribution in [3.05, 3.63) is 84.4 Å². The Bertz CT molecular complexity index is 924. The van der Waals surface area contributed by atoms with Crippen LogP contribution in [0.5, 0.6) is 23.0 Å². The van der Waals surface area contributed by atoms with Gasteiger partial charge in [0.1, 0.15) is 48.4 Å². The molecule has 0 aromatic heterocycles. The molecule has 0 radical (unpaired) electrons. The van der Waals surface area contributed by atoms with Crippen LogP contribution in [0.1, 0.15) is 5.56 Å². The van der Waals surface area contributed by atoms with Crippen LogP contribution in [0.2, 0.25) is 0 Å². The highest BCUT2D eigenvalue weighted by Crippen LogP contribution is 2.20. The molecule has 0 saturated carbocycles. The fourth-order valence-electron chi connectivity index (χ4n) is 3.51. The summed E-state index contributed by atoms with van der Waals surface area (Å²) in [6, 6.07) is 24.4. The van der Waals surface area contributed by atoms with Crippen LogP contribution >= 0.6 is 0 Å². The molecule has 0 heterocycles. The molecule has 182 valence electrons. The highest BCUT2D eigenvalue weighted by molar-refractivity contribution is 5.33. The topological polar surface area (TPSA) is 80.6 Å². The molecule has 3 aromatic rings. The molecule has 0 aliphatic heterocycles. The van der Waals surface area contributed by atoms with E-state index >= 15 is 0 Å². The molecular weight excluding hydrogens is 434 g/mol. The molecule has 0 aliphatic rings. The first-order valence-corrected chi connectivity index (χ1v) is 11.2. The van der Waals surface area contributed by atoms with Gasteiger partial charge in [0.15, 0.2) is 0 Å². The molecule has 2 atom stereocenters. The van der Waals surface area contributed by atoms with Gasteiger partial charge in [-0.3, -0.25) is 4.90 Å². The highest BCUT2D eigenvalue weighted by Gasteiger charge is 2.18. The van der Waals surface area contributed by atoms with Crippen molar-refractivity contribution in [2.75, 3.05) is 40.5 Å². The Labute approximate surface area is 201 Å². The number of hydrogen-bond acceptors (Lipinski definition) is 7. The maximum Gasteiger partial charge on any atom is 0.123 e. The van der Waals surface area contributed by atoms with Gasteiger partial charge in [-0.15, -0.1) is 0 Å². The maximum atomic E-state index is 10.6. The molecule has 0 spiro atoms. The number of hydrogen-bond donors (Lipinski definition) is 2. The SMILES string of the molecule is COc1cccc(OCC(O)CN(Cc2ccccc2)CC(O)COc2cccc(OC)c2)c1. The summed E-state index contributed by atoms with van der Waals surface area (Å²) in [5.74, 6) is 2.63. The van der Waals surface area contributed by atoms with Crippen LogP contribution in [0.4, 0.5) is 0 Å². The van der Waals surface area contributed by atoms with Gasteiger partial charge in [0.25, 0.3) is 0 Å². The van der Waals surface area contributed by atoms with E-state index in [9.17, 15) is 10.2 Å². The average Bonchev–Trinajstić information content (AvgIpc) is 2.87. The minimum atomic E-state index is -0.749. The zero-order chi connectivity index (χ0) is 24.2. The van der Waals surface area contributed by atoms with Crippen molar-refractivity contribution < 1.29 is 29.2 Å². The number of ether oxygens (including phenoxy) is 4. The minimum absolute atomic E-state index is 0.120. The second-order valence-corrected chi connectivity index (χ2v) is 7.97. The van der Waals surface area contributed by atoms with Gasteiger partial charge in [-0.05, 0) is 29.8 Å². The number of aliphatic hydroxyl groups excluding tert-OH is 2. The van der Waals surface area contributed by atoms with Gasteiger partial charge >= 0.3 is 0 Å². The summed E-state index contributed by atoms with van der Waals surface area (Å²) in [6.45, 7) is 1.47. The minimum Gasteiger partial charge on any atom is -0.497 e. The summed E-state index contributed by atoms with van der Waals surface area (Å²) in [5.41, 5.74) is 1.09. The largest absolute Gasteiger partial charge is 0.497 e. The lowest BCUT2D eigenvalue weighted by Gasteiger charge is -2.27. The first-order valence-electron chi connectivity index (χ1n) is 11.2. The summed E-state index contributed by atoms with van der Waals surface area (Å²) >= 11 is 0. The molecule has 0 saturated heterocycles. The van der Waals surface area contributed by atoms with E-state index in [1.54, 1.807) is 26.4 Å². The van der Waals surface area contributed by atoms with Gasteiger partial charge in [0.05, 0.1) is 14.2 Å². The number of methoxy groups -OCH3 is 2. The van der Waals surface area contributed by atoms with Crippen LogP contribution < -0.4 is 18.9 Å². The molecule has 0 fully saturated rings. The van der Waals surface area contributed by atoms with Crippen molar-refractivity contribution in [2.45, 2.75) is 18.8 Å². The van der Waals surface area contributed by atoms with E-state index in [0.29, 0.717) is 42.6 Å². The molecule has 0 aliphatic carbocycles. The van der Waals surface area contributed by atoms with Gasteiger partial charge in [-0.25, -0.2) is 0 Å². The Hall–Kier alpha value is -3.26. The first kappa shape index (κ1) is 25.4. The Balaban J connectivity index is 1.56. The van der Waals surface area contributed by atoms with E-state index in [1.807, 2.05) is 71.6 Å². The van der Waals surface area contributed by atoms with Crippen LogP contribution in [0, 0.1) is 0 Å². The molecule has 7 heteroatoms. The van der Waals surface area contributed by atoms with Crippen molar-refractivity contribution in [1.29, 1.82) is 0 Å². The van der Waals surface area contributed by atoms with Crippen molar-refractivity contribution in [3.8, 4) is 23.0 Å². The highest BCUT2D eigenvalue weighted by atomic mass is 16.5. The summed E-state index contributed by atoms with van der Waals surface area (Å²) in [7, 11) is 3.19. The van der Waals surface area contributed by atoms with E-state index in [2.05, 4.69) is 0 Å². The van der Waals surface area contributed by atoms with Crippen molar-refractivity contribution >= 4 is 0 Å². The fraction of sp³-hybridized carbons (Fsp3) is 0.333. The summed E-state index contributed by atoms with van der Waals surface area (Å²) in [5, 5.41) is 21.3. The third kappa shape index (κ3) is 8.59.